The van der Waals surface area contributed by atoms with Crippen LogP contribution in [0.25, 0.3) is 0 Å². The maximum atomic E-state index is 7.23. The van der Waals surface area contributed by atoms with Crippen molar-refractivity contribution in [3.63, 3.8) is 0 Å². The molecule has 0 bridgehead atoms. The van der Waals surface area contributed by atoms with Crippen LogP contribution < -0.4 is 0 Å². The molecule has 0 aromatic rings. The molecule has 0 aromatic carbocycles. The molecule has 2 fully saturated rings. The third-order valence-electron chi connectivity index (χ3n) is 6.99. The number of rotatable bonds is 0. The van der Waals surface area contributed by atoms with Gasteiger partial charge in [-0.05, 0) is 52.9 Å². The van der Waals surface area contributed by atoms with Crippen LogP contribution in [0.1, 0.15) is 93.9 Å². The van der Waals surface area contributed by atoms with Gasteiger partial charge in [0.25, 0.3) is 0 Å². The highest BCUT2D eigenvalue weighted by atomic mass is 35.5. The van der Waals surface area contributed by atoms with E-state index in [0.717, 1.165) is 17.9 Å². The van der Waals surface area contributed by atoms with Crippen LogP contribution >= 0.6 is 23.2 Å². The van der Waals surface area contributed by atoms with Crippen molar-refractivity contribution in [2.75, 3.05) is 0 Å². The summed E-state index contributed by atoms with van der Waals surface area (Å²) >= 11 is 14.1. The van der Waals surface area contributed by atoms with Crippen LogP contribution in [-0.2, 0) is 0 Å². The molecule has 2 heteroatoms. The fourth-order valence-electron chi connectivity index (χ4n) is 5.51. The van der Waals surface area contributed by atoms with Crippen molar-refractivity contribution in [3.05, 3.63) is 10.6 Å². The Balaban J connectivity index is 2.54. The molecular weight excluding hydrogens is 347 g/mol. The van der Waals surface area contributed by atoms with Gasteiger partial charge in [0.05, 0.1) is 5.03 Å². The SMILES string of the molecule is CC1(C)CCCC(C)(C)C1=C(Cl)C#CC1(Cl)C(C)(C)CCCC1(C)C. The molecule has 0 spiro atoms. The van der Waals surface area contributed by atoms with Crippen LogP contribution in [0.2, 0.25) is 0 Å². The Labute approximate surface area is 166 Å². The lowest BCUT2D eigenvalue weighted by Gasteiger charge is -2.53. The smallest absolute Gasteiger partial charge is 0.104 e. The fraction of sp³-hybridized carbons (Fsp3) is 0.826. The second kappa shape index (κ2) is 6.49. The van der Waals surface area contributed by atoms with Gasteiger partial charge in [-0.2, -0.15) is 0 Å². The molecule has 2 aliphatic carbocycles. The minimum Gasteiger partial charge on any atom is -0.104 e. The summed E-state index contributed by atoms with van der Waals surface area (Å²) < 4.78 is 0. The van der Waals surface area contributed by atoms with Crippen LogP contribution in [0.5, 0.6) is 0 Å². The molecule has 0 unspecified atom stereocenters. The molecule has 0 heterocycles. The summed E-state index contributed by atoms with van der Waals surface area (Å²) in [4.78, 5) is -0.554. The van der Waals surface area contributed by atoms with E-state index in [1.165, 1.54) is 31.3 Å². The molecule has 0 atom stereocenters. The molecule has 2 saturated carbocycles. The summed E-state index contributed by atoms with van der Waals surface area (Å²) in [6, 6.07) is 0. The predicted octanol–water partition coefficient (Wildman–Crippen LogP) is 7.93. The van der Waals surface area contributed by atoms with Crippen molar-refractivity contribution in [2.24, 2.45) is 21.7 Å². The van der Waals surface area contributed by atoms with E-state index >= 15 is 0 Å². The summed E-state index contributed by atoms with van der Waals surface area (Å²) in [5, 5.41) is 0.729. The molecule has 2 aliphatic rings. The second-order valence-corrected chi connectivity index (χ2v) is 11.8. The number of halogens is 2. The van der Waals surface area contributed by atoms with E-state index in [4.69, 9.17) is 23.2 Å². The second-order valence-electron chi connectivity index (χ2n) is 10.8. The molecule has 0 aromatic heterocycles. The van der Waals surface area contributed by atoms with Gasteiger partial charge in [0, 0.05) is 0 Å². The molecule has 25 heavy (non-hydrogen) atoms. The highest BCUT2D eigenvalue weighted by molar-refractivity contribution is 6.33. The van der Waals surface area contributed by atoms with Crippen LogP contribution in [0.3, 0.4) is 0 Å². The van der Waals surface area contributed by atoms with E-state index in [9.17, 15) is 0 Å². The Kier molecular flexibility index (Phi) is 5.50. The Morgan fingerprint density at radius 3 is 1.60 bits per heavy atom. The minimum absolute atomic E-state index is 0.0251. The van der Waals surface area contributed by atoms with Gasteiger partial charge in [-0.25, -0.2) is 0 Å². The van der Waals surface area contributed by atoms with Crippen molar-refractivity contribution in [2.45, 2.75) is 98.8 Å². The summed E-state index contributed by atoms with van der Waals surface area (Å²) in [6.07, 6.45) is 7.03. The van der Waals surface area contributed by atoms with Gasteiger partial charge < -0.3 is 0 Å². The lowest BCUT2D eigenvalue weighted by atomic mass is 9.56. The molecule has 0 nitrogen and oxygen atoms in total. The zero-order valence-corrected chi connectivity index (χ0v) is 19.0. The molecule has 0 saturated heterocycles. The first kappa shape index (κ1) is 21.2. The Morgan fingerprint density at radius 1 is 0.760 bits per heavy atom. The van der Waals surface area contributed by atoms with Crippen LogP contribution in [0.15, 0.2) is 10.6 Å². The average molecular weight is 383 g/mol. The highest BCUT2D eigenvalue weighted by Gasteiger charge is 2.55. The summed E-state index contributed by atoms with van der Waals surface area (Å²) in [7, 11) is 0. The van der Waals surface area contributed by atoms with Crippen molar-refractivity contribution < 1.29 is 0 Å². The number of hydrogen-bond acceptors (Lipinski definition) is 0. The van der Waals surface area contributed by atoms with E-state index < -0.39 is 4.87 Å². The summed E-state index contributed by atoms with van der Waals surface area (Å²) in [5.41, 5.74) is 1.47. The number of alkyl halides is 1. The Morgan fingerprint density at radius 2 is 1.16 bits per heavy atom. The van der Waals surface area contributed by atoms with Gasteiger partial charge in [-0.15, -0.1) is 11.6 Å². The van der Waals surface area contributed by atoms with Crippen molar-refractivity contribution in [3.8, 4) is 11.8 Å². The fourth-order valence-corrected chi connectivity index (χ4v) is 6.30. The van der Waals surface area contributed by atoms with Gasteiger partial charge in [-0.3, -0.25) is 0 Å². The van der Waals surface area contributed by atoms with Gasteiger partial charge in [-0.1, -0.05) is 91.7 Å². The van der Waals surface area contributed by atoms with Crippen molar-refractivity contribution >= 4 is 23.2 Å². The first-order valence-corrected chi connectivity index (χ1v) is 10.5. The largest absolute Gasteiger partial charge is 0.115 e. The van der Waals surface area contributed by atoms with E-state index in [0.29, 0.717) is 0 Å². The lowest BCUT2D eigenvalue weighted by molar-refractivity contribution is 0.0799. The van der Waals surface area contributed by atoms with Crippen LogP contribution in [0, 0.1) is 33.5 Å². The van der Waals surface area contributed by atoms with E-state index in [2.05, 4.69) is 67.2 Å². The Hall–Kier alpha value is -0.120. The van der Waals surface area contributed by atoms with Crippen LogP contribution in [-0.4, -0.2) is 4.87 Å². The molecule has 2 rings (SSSR count). The van der Waals surface area contributed by atoms with E-state index in [-0.39, 0.29) is 21.7 Å². The molecular formula is C23H36Cl2. The van der Waals surface area contributed by atoms with E-state index in [1.807, 2.05) is 0 Å². The van der Waals surface area contributed by atoms with Gasteiger partial charge in [0.15, 0.2) is 0 Å². The molecule has 0 N–H and O–H groups in total. The maximum absolute atomic E-state index is 7.23. The number of hydrogen-bond donors (Lipinski definition) is 0. The summed E-state index contributed by atoms with van der Waals surface area (Å²) in [5.74, 6) is 6.82. The van der Waals surface area contributed by atoms with E-state index in [1.54, 1.807) is 0 Å². The predicted molar refractivity (Wildman–Crippen MR) is 112 cm³/mol. The normalized spacial score (nSPS) is 28.6. The topological polar surface area (TPSA) is 0 Å². The zero-order valence-electron chi connectivity index (χ0n) is 17.5. The van der Waals surface area contributed by atoms with Gasteiger partial charge in [0.2, 0.25) is 0 Å². The molecule has 142 valence electrons. The van der Waals surface area contributed by atoms with Crippen LogP contribution in [0.4, 0.5) is 0 Å². The molecule has 0 amide bonds. The average Bonchev–Trinajstić information content (AvgIpc) is 2.40. The van der Waals surface area contributed by atoms with Crippen molar-refractivity contribution in [1.82, 2.24) is 0 Å². The standard InChI is InChI=1S/C23H36Cl2/c1-19(2)12-9-13-20(3,4)18(19)17(24)11-16-23(25)21(5,6)14-10-15-22(23,7)8/h9-10,12-15H2,1-8H3. The summed E-state index contributed by atoms with van der Waals surface area (Å²) in [6.45, 7) is 18.2. The third kappa shape index (κ3) is 3.66. The quantitative estimate of drug-likeness (QED) is 0.294. The lowest BCUT2D eigenvalue weighted by Crippen LogP contribution is -2.53. The first-order valence-electron chi connectivity index (χ1n) is 9.79. The number of allylic oxidation sites excluding steroid dienone is 2. The minimum atomic E-state index is -0.554. The highest BCUT2D eigenvalue weighted by Crippen LogP contribution is 2.57. The molecule has 0 radical (unpaired) electrons. The first-order chi connectivity index (χ1) is 11.2. The maximum Gasteiger partial charge on any atom is 0.115 e. The van der Waals surface area contributed by atoms with Crippen molar-refractivity contribution in [1.29, 1.82) is 0 Å². The van der Waals surface area contributed by atoms with Gasteiger partial charge in [0.1, 0.15) is 4.87 Å². The third-order valence-corrected chi connectivity index (χ3v) is 8.39. The Bertz CT molecular complexity index is 586. The van der Waals surface area contributed by atoms with Gasteiger partial charge >= 0.3 is 0 Å². The monoisotopic (exact) mass is 382 g/mol. The zero-order chi connectivity index (χ0) is 19.3. The molecule has 0 aliphatic heterocycles.